The van der Waals surface area contributed by atoms with Gasteiger partial charge in [-0.1, -0.05) is 29.3 Å². The Balaban J connectivity index is 1.76. The van der Waals surface area contributed by atoms with E-state index in [2.05, 4.69) is 0 Å². The number of hydrogen-bond donors (Lipinski definition) is 0. The second-order valence-corrected chi connectivity index (χ2v) is 5.72. The van der Waals surface area contributed by atoms with Crippen LogP contribution in [0.25, 0.3) is 0 Å². The number of Topliss-reactive ketones (excluding diaryl/α,β-unsaturated/α-hetero) is 1. The summed E-state index contributed by atoms with van der Waals surface area (Å²) in [6.45, 7) is 0.457. The summed E-state index contributed by atoms with van der Waals surface area (Å²) in [4.78, 5) is 12.5. The normalized spacial score (nSPS) is 10.4. The molecule has 5 heteroatoms. The summed E-state index contributed by atoms with van der Waals surface area (Å²) in [7, 11) is 0. The Bertz CT molecular complexity index is 553. The molecule has 0 saturated heterocycles. The summed E-state index contributed by atoms with van der Waals surface area (Å²) in [6, 6.07) is 8.80. The van der Waals surface area contributed by atoms with Crippen molar-refractivity contribution >= 4 is 40.3 Å². The highest BCUT2D eigenvalue weighted by Crippen LogP contribution is 2.27. The van der Waals surface area contributed by atoms with Gasteiger partial charge in [0.1, 0.15) is 5.75 Å². The summed E-state index contributed by atoms with van der Waals surface area (Å²) < 4.78 is 5.52. The Morgan fingerprint density at radius 3 is 2.79 bits per heavy atom. The lowest BCUT2D eigenvalue weighted by Crippen LogP contribution is -2.02. The molecule has 0 radical (unpaired) electrons. The lowest BCUT2D eigenvalue weighted by atomic mass is 10.2. The Kier molecular flexibility index (Phi) is 5.25. The van der Waals surface area contributed by atoms with E-state index in [-0.39, 0.29) is 5.78 Å². The van der Waals surface area contributed by atoms with Crippen molar-refractivity contribution in [3.8, 4) is 5.75 Å². The molecule has 0 bridgehead atoms. The standard InChI is InChI=1S/C14H12Cl2O2S/c15-10-5-6-13(11(16)9-10)18-7-1-3-12(17)14-4-2-8-19-14/h2,4-6,8-9H,1,3,7H2. The second-order valence-electron chi connectivity index (χ2n) is 3.93. The molecule has 0 spiro atoms. The Morgan fingerprint density at radius 1 is 1.26 bits per heavy atom. The minimum atomic E-state index is 0.154. The van der Waals surface area contributed by atoms with E-state index < -0.39 is 0 Å². The Labute approximate surface area is 125 Å². The third-order valence-corrected chi connectivity index (χ3v) is 3.94. The van der Waals surface area contributed by atoms with Crippen molar-refractivity contribution in [2.45, 2.75) is 12.8 Å². The predicted octanol–water partition coefficient (Wildman–Crippen LogP) is 5.10. The average Bonchev–Trinajstić information content (AvgIpc) is 2.90. The largest absolute Gasteiger partial charge is 0.492 e. The van der Waals surface area contributed by atoms with Crippen LogP contribution in [0.4, 0.5) is 0 Å². The number of ketones is 1. The smallest absolute Gasteiger partial charge is 0.172 e. The molecule has 0 fully saturated rings. The molecule has 0 aliphatic carbocycles. The van der Waals surface area contributed by atoms with Crippen molar-refractivity contribution in [2.24, 2.45) is 0 Å². The zero-order chi connectivity index (χ0) is 13.7. The molecule has 1 aromatic heterocycles. The van der Waals surface area contributed by atoms with Crippen LogP contribution in [0.5, 0.6) is 5.75 Å². The maximum atomic E-state index is 11.7. The average molecular weight is 315 g/mol. The molecule has 0 atom stereocenters. The summed E-state index contributed by atoms with van der Waals surface area (Å²) in [5, 5.41) is 2.96. The molecule has 2 nitrogen and oxygen atoms in total. The fraction of sp³-hybridized carbons (Fsp3) is 0.214. The van der Waals surface area contributed by atoms with Crippen molar-refractivity contribution in [1.29, 1.82) is 0 Å². The summed E-state index contributed by atoms with van der Waals surface area (Å²) in [5.74, 6) is 0.746. The minimum absolute atomic E-state index is 0.154. The van der Waals surface area contributed by atoms with Crippen LogP contribution in [0.2, 0.25) is 10.0 Å². The molecule has 1 heterocycles. The molecule has 19 heavy (non-hydrogen) atoms. The van der Waals surface area contributed by atoms with E-state index in [1.165, 1.54) is 11.3 Å². The molecule has 0 amide bonds. The maximum absolute atomic E-state index is 11.7. The van der Waals surface area contributed by atoms with Gasteiger partial charge in [0.2, 0.25) is 0 Å². The molecule has 100 valence electrons. The molecular weight excluding hydrogens is 303 g/mol. The van der Waals surface area contributed by atoms with Crippen LogP contribution < -0.4 is 4.74 Å². The van der Waals surface area contributed by atoms with E-state index in [4.69, 9.17) is 27.9 Å². The quantitative estimate of drug-likeness (QED) is 0.548. The lowest BCUT2D eigenvalue weighted by molar-refractivity contribution is 0.0977. The van der Waals surface area contributed by atoms with Gasteiger partial charge in [-0.3, -0.25) is 4.79 Å². The van der Waals surface area contributed by atoms with Gasteiger partial charge in [0.15, 0.2) is 5.78 Å². The number of benzene rings is 1. The molecule has 0 N–H and O–H groups in total. The van der Waals surface area contributed by atoms with E-state index in [0.717, 1.165) is 4.88 Å². The number of thiophene rings is 1. The van der Waals surface area contributed by atoms with E-state index >= 15 is 0 Å². The van der Waals surface area contributed by atoms with E-state index in [1.807, 2.05) is 17.5 Å². The van der Waals surface area contributed by atoms with E-state index in [0.29, 0.717) is 35.2 Å². The second kappa shape index (κ2) is 6.94. The third kappa shape index (κ3) is 4.23. The number of rotatable bonds is 6. The topological polar surface area (TPSA) is 26.3 Å². The van der Waals surface area contributed by atoms with Crippen LogP contribution in [-0.4, -0.2) is 12.4 Å². The monoisotopic (exact) mass is 314 g/mol. The number of ether oxygens (including phenoxy) is 1. The van der Waals surface area contributed by atoms with Crippen molar-refractivity contribution in [1.82, 2.24) is 0 Å². The lowest BCUT2D eigenvalue weighted by Gasteiger charge is -2.07. The zero-order valence-corrected chi connectivity index (χ0v) is 12.4. The Hall–Kier alpha value is -1.03. The van der Waals surface area contributed by atoms with Gasteiger partial charge in [-0.15, -0.1) is 11.3 Å². The van der Waals surface area contributed by atoms with Gasteiger partial charge in [0.05, 0.1) is 16.5 Å². The van der Waals surface area contributed by atoms with Crippen LogP contribution in [0, 0.1) is 0 Å². The molecule has 0 aliphatic heterocycles. The highest BCUT2D eigenvalue weighted by atomic mass is 35.5. The predicted molar refractivity (Wildman–Crippen MR) is 79.8 cm³/mol. The van der Waals surface area contributed by atoms with Crippen LogP contribution >= 0.6 is 34.5 Å². The van der Waals surface area contributed by atoms with Crippen molar-refractivity contribution in [3.63, 3.8) is 0 Å². The Morgan fingerprint density at radius 2 is 2.11 bits per heavy atom. The highest BCUT2D eigenvalue weighted by molar-refractivity contribution is 7.12. The molecule has 0 saturated carbocycles. The summed E-state index contributed by atoms with van der Waals surface area (Å²) in [5.41, 5.74) is 0. The van der Waals surface area contributed by atoms with Gasteiger partial charge >= 0.3 is 0 Å². The van der Waals surface area contributed by atoms with Crippen LogP contribution in [0.1, 0.15) is 22.5 Å². The molecular formula is C14H12Cl2O2S. The first kappa shape index (κ1) is 14.4. The molecule has 2 aromatic rings. The van der Waals surface area contributed by atoms with Gasteiger partial charge in [-0.05, 0) is 36.1 Å². The van der Waals surface area contributed by atoms with Gasteiger partial charge in [-0.25, -0.2) is 0 Å². The zero-order valence-electron chi connectivity index (χ0n) is 10.1. The number of halogens is 2. The summed E-state index contributed by atoms with van der Waals surface area (Å²) >= 11 is 13.2. The third-order valence-electron chi connectivity index (χ3n) is 2.50. The molecule has 0 aliphatic rings. The molecule has 1 aromatic carbocycles. The fourth-order valence-electron chi connectivity index (χ4n) is 1.57. The molecule has 2 rings (SSSR count). The van der Waals surface area contributed by atoms with Crippen molar-refractivity contribution < 1.29 is 9.53 Å². The van der Waals surface area contributed by atoms with Gasteiger partial charge in [-0.2, -0.15) is 0 Å². The number of carbonyl (C=O) groups excluding carboxylic acids is 1. The van der Waals surface area contributed by atoms with Gasteiger partial charge < -0.3 is 4.74 Å². The fourth-order valence-corrected chi connectivity index (χ4v) is 2.72. The minimum Gasteiger partial charge on any atom is -0.492 e. The van der Waals surface area contributed by atoms with Gasteiger partial charge in [0, 0.05) is 11.4 Å². The van der Waals surface area contributed by atoms with Crippen LogP contribution in [0.3, 0.4) is 0 Å². The first-order valence-corrected chi connectivity index (χ1v) is 7.45. The highest BCUT2D eigenvalue weighted by Gasteiger charge is 2.07. The van der Waals surface area contributed by atoms with Crippen LogP contribution in [-0.2, 0) is 0 Å². The van der Waals surface area contributed by atoms with E-state index in [1.54, 1.807) is 18.2 Å². The summed E-state index contributed by atoms with van der Waals surface area (Å²) in [6.07, 6.45) is 1.14. The van der Waals surface area contributed by atoms with Crippen molar-refractivity contribution in [2.75, 3.05) is 6.61 Å². The first-order valence-electron chi connectivity index (χ1n) is 5.81. The SMILES string of the molecule is O=C(CCCOc1ccc(Cl)cc1Cl)c1cccs1. The van der Waals surface area contributed by atoms with Crippen LogP contribution in [0.15, 0.2) is 35.7 Å². The van der Waals surface area contributed by atoms with Gasteiger partial charge in [0.25, 0.3) is 0 Å². The number of carbonyl (C=O) groups is 1. The number of hydrogen-bond acceptors (Lipinski definition) is 3. The maximum Gasteiger partial charge on any atom is 0.172 e. The van der Waals surface area contributed by atoms with Crippen molar-refractivity contribution in [3.05, 3.63) is 50.6 Å². The molecule has 0 unspecified atom stereocenters. The van der Waals surface area contributed by atoms with E-state index in [9.17, 15) is 4.79 Å². The first-order chi connectivity index (χ1) is 9.16.